The highest BCUT2D eigenvalue weighted by atomic mass is 32.2. The van der Waals surface area contributed by atoms with Gasteiger partial charge in [-0.05, 0) is 46.2 Å². The van der Waals surface area contributed by atoms with Crippen LogP contribution in [0.25, 0.3) is 0 Å². The maximum Gasteiger partial charge on any atom is 0.216 e. The number of piperidine rings is 1. The summed E-state index contributed by atoms with van der Waals surface area (Å²) in [7, 11) is -3.16. The van der Waals surface area contributed by atoms with Crippen molar-refractivity contribution in [2.24, 2.45) is 0 Å². The van der Waals surface area contributed by atoms with Crippen LogP contribution < -0.4 is 0 Å². The van der Waals surface area contributed by atoms with Crippen molar-refractivity contribution in [3.8, 4) is 0 Å². The van der Waals surface area contributed by atoms with Crippen molar-refractivity contribution in [3.63, 3.8) is 0 Å². The molecule has 2 rings (SSSR count). The summed E-state index contributed by atoms with van der Waals surface area (Å²) in [5.74, 6) is 0. The number of nitrogens with zero attached hydrogens (tertiary/aromatic N) is 2. The van der Waals surface area contributed by atoms with E-state index in [-0.39, 0.29) is 11.4 Å². The molecule has 118 valence electrons. The first-order valence-electron chi connectivity index (χ1n) is 7.83. The Morgan fingerprint density at radius 1 is 1.10 bits per heavy atom. The van der Waals surface area contributed by atoms with Gasteiger partial charge in [-0.15, -0.1) is 0 Å². The molecule has 0 saturated carbocycles. The molecule has 0 N–H and O–H groups in total. The molecule has 6 heteroatoms. The van der Waals surface area contributed by atoms with E-state index in [9.17, 15) is 8.42 Å². The molecule has 2 saturated heterocycles. The first-order chi connectivity index (χ1) is 9.50. The average molecular weight is 304 g/mol. The first-order valence-corrected chi connectivity index (χ1v) is 9.33. The van der Waals surface area contributed by atoms with Crippen LogP contribution in [-0.2, 0) is 14.8 Å². The Kier molecular flexibility index (Phi) is 5.84. The molecule has 1 unspecified atom stereocenters. The molecule has 5 nitrogen and oxygen atoms in total. The van der Waals surface area contributed by atoms with Gasteiger partial charge in [0.15, 0.2) is 0 Å². The lowest BCUT2D eigenvalue weighted by Crippen LogP contribution is -2.45. The highest BCUT2D eigenvalue weighted by Gasteiger charge is 2.31. The lowest BCUT2D eigenvalue weighted by atomic mass is 10.1. The molecule has 0 bridgehead atoms. The highest BCUT2D eigenvalue weighted by Crippen LogP contribution is 2.17. The van der Waals surface area contributed by atoms with Crippen LogP contribution in [-0.4, -0.2) is 68.3 Å². The van der Waals surface area contributed by atoms with Gasteiger partial charge in [-0.2, -0.15) is 4.31 Å². The van der Waals surface area contributed by atoms with Gasteiger partial charge in [0.2, 0.25) is 10.0 Å². The molecule has 2 heterocycles. The molecule has 2 fully saturated rings. The molecular weight excluding hydrogens is 276 g/mol. The standard InChI is InChI=1S/C14H28N2O3S/c1-13(2)20(17,18)16-9-6-10-19-14(12-16)11-15-7-4-3-5-8-15/h13-14H,3-12H2,1-2H3. The third-order valence-electron chi connectivity index (χ3n) is 4.18. The summed E-state index contributed by atoms with van der Waals surface area (Å²) in [5, 5.41) is -0.351. The van der Waals surface area contributed by atoms with Gasteiger partial charge in [0, 0.05) is 26.2 Å². The Labute approximate surface area is 123 Å². The molecule has 1 atom stereocenters. The summed E-state index contributed by atoms with van der Waals surface area (Å²) in [6.07, 6.45) is 4.63. The fourth-order valence-electron chi connectivity index (χ4n) is 2.93. The zero-order valence-electron chi connectivity index (χ0n) is 12.8. The van der Waals surface area contributed by atoms with Gasteiger partial charge in [-0.1, -0.05) is 6.42 Å². The van der Waals surface area contributed by atoms with Gasteiger partial charge in [0.25, 0.3) is 0 Å². The number of sulfonamides is 1. The first kappa shape index (κ1) is 16.2. The zero-order chi connectivity index (χ0) is 14.6. The molecular formula is C14H28N2O3S. The number of rotatable bonds is 4. The van der Waals surface area contributed by atoms with E-state index in [1.165, 1.54) is 19.3 Å². The molecule has 0 spiro atoms. The lowest BCUT2D eigenvalue weighted by Gasteiger charge is -2.31. The molecule has 0 radical (unpaired) electrons. The van der Waals surface area contributed by atoms with E-state index in [1.54, 1.807) is 18.2 Å². The Bertz CT molecular complexity index is 391. The van der Waals surface area contributed by atoms with Crippen molar-refractivity contribution in [2.75, 3.05) is 39.3 Å². The maximum atomic E-state index is 12.3. The molecule has 0 aromatic heterocycles. The summed E-state index contributed by atoms with van der Waals surface area (Å²) >= 11 is 0. The second-order valence-electron chi connectivity index (χ2n) is 6.16. The largest absolute Gasteiger partial charge is 0.375 e. The number of hydrogen-bond acceptors (Lipinski definition) is 4. The van der Waals surface area contributed by atoms with Gasteiger partial charge in [-0.25, -0.2) is 8.42 Å². The second kappa shape index (κ2) is 7.20. The van der Waals surface area contributed by atoms with Crippen LogP contribution in [0.1, 0.15) is 39.5 Å². The molecule has 0 aromatic rings. The minimum absolute atomic E-state index is 0.0177. The summed E-state index contributed by atoms with van der Waals surface area (Å²) in [6.45, 7) is 8.38. The summed E-state index contributed by atoms with van der Waals surface area (Å²) < 4.78 is 32.2. The number of likely N-dealkylation sites (tertiary alicyclic amines) is 1. The summed E-state index contributed by atoms with van der Waals surface area (Å²) in [6, 6.07) is 0. The minimum atomic E-state index is -3.16. The monoisotopic (exact) mass is 304 g/mol. The summed E-state index contributed by atoms with van der Waals surface area (Å²) in [5.41, 5.74) is 0. The smallest absolute Gasteiger partial charge is 0.216 e. The van der Waals surface area contributed by atoms with E-state index in [0.29, 0.717) is 19.7 Å². The fourth-order valence-corrected chi connectivity index (χ4v) is 4.29. The van der Waals surface area contributed by atoms with Crippen LogP contribution >= 0.6 is 0 Å². The summed E-state index contributed by atoms with van der Waals surface area (Å²) in [4.78, 5) is 2.42. The molecule has 2 aliphatic heterocycles. The van der Waals surface area contributed by atoms with Crippen molar-refractivity contribution >= 4 is 10.0 Å². The lowest BCUT2D eigenvalue weighted by molar-refractivity contribution is 0.0285. The molecule has 0 aliphatic carbocycles. The molecule has 2 aliphatic rings. The molecule has 20 heavy (non-hydrogen) atoms. The Balaban J connectivity index is 1.96. The van der Waals surface area contributed by atoms with Gasteiger partial charge < -0.3 is 9.64 Å². The highest BCUT2D eigenvalue weighted by molar-refractivity contribution is 7.89. The van der Waals surface area contributed by atoms with Crippen LogP contribution in [0.4, 0.5) is 0 Å². The van der Waals surface area contributed by atoms with Crippen LogP contribution in [0.15, 0.2) is 0 Å². The molecule has 0 aromatic carbocycles. The van der Waals surface area contributed by atoms with Gasteiger partial charge >= 0.3 is 0 Å². The van der Waals surface area contributed by atoms with E-state index in [0.717, 1.165) is 26.1 Å². The van der Waals surface area contributed by atoms with Crippen molar-refractivity contribution in [2.45, 2.75) is 50.9 Å². The Hall–Kier alpha value is -0.170. The van der Waals surface area contributed by atoms with Crippen molar-refractivity contribution in [1.82, 2.24) is 9.21 Å². The second-order valence-corrected chi connectivity index (χ2v) is 8.65. The van der Waals surface area contributed by atoms with E-state index in [1.807, 2.05) is 0 Å². The number of ether oxygens (including phenoxy) is 1. The SMILES string of the molecule is CC(C)S(=O)(=O)N1CCCOC(CN2CCCCC2)C1. The van der Waals surface area contributed by atoms with Crippen LogP contribution in [0, 0.1) is 0 Å². The quantitative estimate of drug-likeness (QED) is 0.785. The predicted molar refractivity (Wildman–Crippen MR) is 80.3 cm³/mol. The Morgan fingerprint density at radius 3 is 2.45 bits per heavy atom. The van der Waals surface area contributed by atoms with Gasteiger partial charge in [0.05, 0.1) is 11.4 Å². The van der Waals surface area contributed by atoms with Crippen molar-refractivity contribution in [1.29, 1.82) is 0 Å². The Morgan fingerprint density at radius 2 is 1.80 bits per heavy atom. The minimum Gasteiger partial charge on any atom is -0.375 e. The van der Waals surface area contributed by atoms with E-state index in [4.69, 9.17) is 4.74 Å². The van der Waals surface area contributed by atoms with Crippen LogP contribution in [0.5, 0.6) is 0 Å². The van der Waals surface area contributed by atoms with Gasteiger partial charge in [-0.3, -0.25) is 0 Å². The van der Waals surface area contributed by atoms with E-state index in [2.05, 4.69) is 4.90 Å². The molecule has 0 amide bonds. The van der Waals surface area contributed by atoms with Crippen molar-refractivity contribution in [3.05, 3.63) is 0 Å². The van der Waals surface area contributed by atoms with E-state index >= 15 is 0 Å². The van der Waals surface area contributed by atoms with Crippen LogP contribution in [0.3, 0.4) is 0 Å². The predicted octanol–water partition coefficient (Wildman–Crippen LogP) is 1.30. The third kappa shape index (κ3) is 4.16. The fraction of sp³-hybridized carbons (Fsp3) is 1.00. The maximum absolute atomic E-state index is 12.3. The number of hydrogen-bond donors (Lipinski definition) is 0. The normalized spacial score (nSPS) is 27.6. The van der Waals surface area contributed by atoms with Gasteiger partial charge in [0.1, 0.15) is 0 Å². The zero-order valence-corrected chi connectivity index (χ0v) is 13.6. The van der Waals surface area contributed by atoms with Crippen LogP contribution in [0.2, 0.25) is 0 Å². The average Bonchev–Trinajstić information content (AvgIpc) is 2.66. The van der Waals surface area contributed by atoms with E-state index < -0.39 is 10.0 Å². The topological polar surface area (TPSA) is 49.9 Å². The van der Waals surface area contributed by atoms with Crippen molar-refractivity contribution < 1.29 is 13.2 Å². The third-order valence-corrected chi connectivity index (χ3v) is 6.42.